The van der Waals surface area contributed by atoms with Gasteiger partial charge in [0.05, 0.1) is 13.2 Å². The largest absolute Gasteiger partial charge is 0.480 e. The molecule has 1 saturated heterocycles. The Hall–Kier alpha value is -3.20. The van der Waals surface area contributed by atoms with E-state index in [0.717, 1.165) is 25.2 Å². The first-order valence-electron chi connectivity index (χ1n) is 14.2. The number of benzene rings is 1. The molecular weight excluding hydrogens is 498 g/mol. The normalized spacial score (nSPS) is 18.9. The third-order valence-electron chi connectivity index (χ3n) is 8.31. The number of pyridine rings is 1. The third kappa shape index (κ3) is 5.73. The van der Waals surface area contributed by atoms with Gasteiger partial charge in [0.15, 0.2) is 5.82 Å². The number of nitrogens with zero attached hydrogens (tertiary/aromatic N) is 4. The molecule has 1 aliphatic heterocycles. The number of aromatic nitrogens is 3. The van der Waals surface area contributed by atoms with E-state index in [1.807, 2.05) is 4.90 Å². The summed E-state index contributed by atoms with van der Waals surface area (Å²) in [6.07, 6.45) is 7.65. The van der Waals surface area contributed by atoms with Gasteiger partial charge in [0.25, 0.3) is 6.43 Å². The molecule has 1 atom stereocenters. The first kappa shape index (κ1) is 26.0. The molecule has 0 spiro atoms. The van der Waals surface area contributed by atoms with Crippen LogP contribution in [0.5, 0.6) is 5.88 Å². The maximum absolute atomic E-state index is 13.7. The van der Waals surface area contributed by atoms with Gasteiger partial charge in [-0.3, -0.25) is 4.68 Å². The molecule has 0 amide bonds. The summed E-state index contributed by atoms with van der Waals surface area (Å²) in [4.78, 5) is 6.17. The fraction of sp³-hybridized carbons (Fsp3) is 0.533. The fourth-order valence-corrected chi connectivity index (χ4v) is 5.86. The van der Waals surface area contributed by atoms with Gasteiger partial charge in [-0.1, -0.05) is 24.3 Å². The molecule has 2 saturated carbocycles. The zero-order chi connectivity index (χ0) is 26.9. The standard InChI is InChI=1S/C30H38F2N6O/c1-19(35-22-12-15-37(16-13-22)27-25(28(31)32)11-14-33-30(27)39-2)26-18-38(23-9-10-23)36-29(26)34-17-21-5-3-4-6-24(21)20-7-8-20/h3-6,11,14,18-20,22-23,28,35H,7-10,12-13,15-17H2,1-2H3,(H,34,36). The van der Waals surface area contributed by atoms with Crippen LogP contribution in [0.1, 0.15) is 92.1 Å². The zero-order valence-electron chi connectivity index (χ0n) is 22.7. The average molecular weight is 537 g/mol. The van der Waals surface area contributed by atoms with Crippen LogP contribution >= 0.6 is 0 Å². The summed E-state index contributed by atoms with van der Waals surface area (Å²) in [6, 6.07) is 11.0. The highest BCUT2D eigenvalue weighted by molar-refractivity contribution is 5.61. The number of nitrogens with one attached hydrogen (secondary N) is 2. The summed E-state index contributed by atoms with van der Waals surface area (Å²) < 4.78 is 34.9. The molecule has 39 heavy (non-hydrogen) atoms. The van der Waals surface area contributed by atoms with E-state index in [2.05, 4.69) is 57.7 Å². The van der Waals surface area contributed by atoms with Crippen LogP contribution in [0.15, 0.2) is 42.7 Å². The Balaban J connectivity index is 1.12. The number of hydrogen-bond donors (Lipinski definition) is 2. The van der Waals surface area contributed by atoms with Crippen LogP contribution in [0, 0.1) is 0 Å². The maximum Gasteiger partial charge on any atom is 0.266 e. The van der Waals surface area contributed by atoms with Gasteiger partial charge in [-0.05, 0) is 68.6 Å². The summed E-state index contributed by atoms with van der Waals surface area (Å²) in [5.41, 5.74) is 4.40. The summed E-state index contributed by atoms with van der Waals surface area (Å²) in [6.45, 7) is 4.29. The van der Waals surface area contributed by atoms with Crippen molar-refractivity contribution in [3.63, 3.8) is 0 Å². The van der Waals surface area contributed by atoms with Gasteiger partial charge in [-0.25, -0.2) is 13.8 Å². The lowest BCUT2D eigenvalue weighted by Crippen LogP contribution is -2.43. The Labute approximate surface area is 228 Å². The van der Waals surface area contributed by atoms with E-state index >= 15 is 0 Å². The second-order valence-corrected chi connectivity index (χ2v) is 11.2. The molecule has 208 valence electrons. The monoisotopic (exact) mass is 536 g/mol. The number of anilines is 2. The Morgan fingerprint density at radius 3 is 2.49 bits per heavy atom. The predicted molar refractivity (Wildman–Crippen MR) is 149 cm³/mol. The van der Waals surface area contributed by atoms with Gasteiger partial charge in [0.2, 0.25) is 5.88 Å². The SMILES string of the molecule is COc1nccc(C(F)F)c1N1CCC(NC(C)c2cn(C3CC3)nc2NCc2ccccc2C2CC2)CC1. The number of alkyl halides is 2. The molecule has 9 heteroatoms. The molecule has 0 radical (unpaired) electrons. The topological polar surface area (TPSA) is 67.2 Å². The van der Waals surface area contributed by atoms with Crippen molar-refractivity contribution < 1.29 is 13.5 Å². The van der Waals surface area contributed by atoms with Crippen LogP contribution in [0.4, 0.5) is 20.3 Å². The molecule has 1 aromatic carbocycles. The minimum Gasteiger partial charge on any atom is -0.480 e. The highest BCUT2D eigenvalue weighted by Crippen LogP contribution is 2.42. The van der Waals surface area contributed by atoms with Crippen molar-refractivity contribution in [2.45, 2.75) is 82.5 Å². The van der Waals surface area contributed by atoms with E-state index in [9.17, 15) is 8.78 Å². The molecule has 6 rings (SSSR count). The van der Waals surface area contributed by atoms with E-state index in [4.69, 9.17) is 9.84 Å². The third-order valence-corrected chi connectivity index (χ3v) is 8.31. The lowest BCUT2D eigenvalue weighted by atomic mass is 10.0. The van der Waals surface area contributed by atoms with Crippen molar-refractivity contribution >= 4 is 11.5 Å². The fourth-order valence-electron chi connectivity index (χ4n) is 5.86. The van der Waals surface area contributed by atoms with Crippen LogP contribution in [0.3, 0.4) is 0 Å². The number of halogens is 2. The van der Waals surface area contributed by atoms with Crippen LogP contribution in [0.25, 0.3) is 0 Å². The van der Waals surface area contributed by atoms with E-state index in [1.54, 1.807) is 0 Å². The summed E-state index contributed by atoms with van der Waals surface area (Å²) in [5, 5.41) is 12.4. The second kappa shape index (κ2) is 11.1. The maximum atomic E-state index is 13.7. The number of hydrogen-bond acceptors (Lipinski definition) is 6. The highest BCUT2D eigenvalue weighted by Gasteiger charge is 2.31. The minimum atomic E-state index is -2.57. The second-order valence-electron chi connectivity index (χ2n) is 11.2. The summed E-state index contributed by atoms with van der Waals surface area (Å²) >= 11 is 0. The molecule has 2 aromatic heterocycles. The van der Waals surface area contributed by atoms with Gasteiger partial charge in [-0.2, -0.15) is 5.10 Å². The molecule has 3 heterocycles. The van der Waals surface area contributed by atoms with Crippen molar-refractivity contribution in [1.29, 1.82) is 0 Å². The first-order valence-corrected chi connectivity index (χ1v) is 14.2. The molecule has 3 fully saturated rings. The smallest absolute Gasteiger partial charge is 0.266 e. The van der Waals surface area contributed by atoms with Crippen molar-refractivity contribution in [2.24, 2.45) is 0 Å². The molecule has 7 nitrogen and oxygen atoms in total. The lowest BCUT2D eigenvalue weighted by molar-refractivity contribution is 0.151. The van der Waals surface area contributed by atoms with Gasteiger partial charge in [-0.15, -0.1) is 0 Å². The Morgan fingerprint density at radius 2 is 1.79 bits per heavy atom. The first-order chi connectivity index (χ1) is 19.0. The summed E-state index contributed by atoms with van der Waals surface area (Å²) in [7, 11) is 1.48. The van der Waals surface area contributed by atoms with E-state index in [-0.39, 0.29) is 23.5 Å². The van der Waals surface area contributed by atoms with E-state index < -0.39 is 6.43 Å². The molecule has 2 N–H and O–H groups in total. The van der Waals surface area contributed by atoms with Crippen molar-refractivity contribution in [3.8, 4) is 5.88 Å². The molecule has 2 aliphatic carbocycles. The molecule has 3 aromatic rings. The highest BCUT2D eigenvalue weighted by atomic mass is 19.3. The predicted octanol–water partition coefficient (Wildman–Crippen LogP) is 6.37. The van der Waals surface area contributed by atoms with Gasteiger partial charge >= 0.3 is 0 Å². The number of piperidine rings is 1. The molecule has 3 aliphatic rings. The van der Waals surface area contributed by atoms with E-state index in [1.165, 1.54) is 61.7 Å². The summed E-state index contributed by atoms with van der Waals surface area (Å²) in [5.74, 6) is 1.92. The zero-order valence-corrected chi connectivity index (χ0v) is 22.7. The van der Waals surface area contributed by atoms with Gasteiger partial charge < -0.3 is 20.3 Å². The van der Waals surface area contributed by atoms with Crippen molar-refractivity contribution in [2.75, 3.05) is 30.4 Å². The lowest BCUT2D eigenvalue weighted by Gasteiger charge is -2.36. The minimum absolute atomic E-state index is 0.0203. The van der Waals surface area contributed by atoms with Gasteiger partial charge in [0, 0.05) is 55.2 Å². The number of rotatable bonds is 11. The van der Waals surface area contributed by atoms with Crippen molar-refractivity contribution in [3.05, 3.63) is 65.0 Å². The van der Waals surface area contributed by atoms with Crippen LogP contribution in [0.2, 0.25) is 0 Å². The number of methoxy groups -OCH3 is 1. The van der Waals surface area contributed by atoms with E-state index in [0.29, 0.717) is 30.7 Å². The quantitative estimate of drug-likeness (QED) is 0.297. The van der Waals surface area contributed by atoms with Crippen molar-refractivity contribution in [1.82, 2.24) is 20.1 Å². The van der Waals surface area contributed by atoms with Gasteiger partial charge in [0.1, 0.15) is 5.69 Å². The molecular formula is C30H38F2N6O. The van der Waals surface area contributed by atoms with Crippen LogP contribution in [-0.4, -0.2) is 41.0 Å². The van der Waals surface area contributed by atoms with Crippen LogP contribution < -0.4 is 20.3 Å². The Morgan fingerprint density at radius 1 is 1.03 bits per heavy atom. The molecule has 0 bridgehead atoms. The van der Waals surface area contributed by atoms with Crippen LogP contribution in [-0.2, 0) is 6.54 Å². The Kier molecular flexibility index (Phi) is 7.42. The Bertz CT molecular complexity index is 1280. The molecule has 1 unspecified atom stereocenters. The number of ether oxygens (including phenoxy) is 1. The average Bonchev–Trinajstić information content (AvgIpc) is 3.90.